The summed E-state index contributed by atoms with van der Waals surface area (Å²) in [6, 6.07) is 0.717. The smallest absolute Gasteiger partial charge is 0.0638 e. The molecule has 1 saturated carbocycles. The Bertz CT molecular complexity index is 213. The highest BCUT2D eigenvalue weighted by Gasteiger charge is 2.31. The summed E-state index contributed by atoms with van der Waals surface area (Å²) in [5, 5.41) is 3.72. The van der Waals surface area contributed by atoms with E-state index < -0.39 is 0 Å². The lowest BCUT2D eigenvalue weighted by Gasteiger charge is -2.35. The van der Waals surface area contributed by atoms with E-state index in [0.717, 1.165) is 31.0 Å². The molecule has 1 heterocycles. The number of ether oxygens (including phenoxy) is 1. The second-order valence-corrected chi connectivity index (χ2v) is 6.02. The Morgan fingerprint density at radius 3 is 2.56 bits per heavy atom. The number of hydrogen-bond donors (Lipinski definition) is 1. The molecule has 3 unspecified atom stereocenters. The fourth-order valence-corrected chi connectivity index (χ4v) is 2.92. The largest absolute Gasteiger partial charge is 0.378 e. The fourth-order valence-electron chi connectivity index (χ4n) is 2.92. The van der Waals surface area contributed by atoms with Crippen LogP contribution in [0.3, 0.4) is 0 Å². The molecule has 0 spiro atoms. The van der Waals surface area contributed by atoms with Crippen molar-refractivity contribution in [2.24, 2.45) is 17.8 Å². The predicted molar refractivity (Wildman–Crippen MR) is 67.5 cm³/mol. The molecule has 2 aliphatic rings. The lowest BCUT2D eigenvalue weighted by atomic mass is 9.87. The minimum Gasteiger partial charge on any atom is -0.378 e. The molecule has 2 fully saturated rings. The summed E-state index contributed by atoms with van der Waals surface area (Å²) < 4.78 is 5.92. The minimum absolute atomic E-state index is 0.479. The summed E-state index contributed by atoms with van der Waals surface area (Å²) in [7, 11) is 0. The average molecular weight is 225 g/mol. The molecule has 94 valence electrons. The van der Waals surface area contributed by atoms with Crippen molar-refractivity contribution in [2.45, 2.75) is 58.6 Å². The van der Waals surface area contributed by atoms with Gasteiger partial charge in [0, 0.05) is 19.2 Å². The zero-order valence-electron chi connectivity index (χ0n) is 11.0. The summed E-state index contributed by atoms with van der Waals surface area (Å²) in [5.41, 5.74) is 0. The highest BCUT2D eigenvalue weighted by atomic mass is 16.5. The molecule has 0 aromatic heterocycles. The maximum atomic E-state index is 5.92. The Morgan fingerprint density at radius 1 is 1.19 bits per heavy atom. The van der Waals surface area contributed by atoms with Gasteiger partial charge in [0.05, 0.1) is 6.10 Å². The molecule has 1 saturated heterocycles. The third-order valence-electron chi connectivity index (χ3n) is 4.18. The quantitative estimate of drug-likeness (QED) is 0.777. The lowest BCUT2D eigenvalue weighted by molar-refractivity contribution is -0.0522. The molecule has 0 radical (unpaired) electrons. The normalized spacial score (nSPS) is 33.0. The Kier molecular flexibility index (Phi) is 4.26. The maximum absolute atomic E-state index is 5.92. The summed E-state index contributed by atoms with van der Waals surface area (Å²) in [5.74, 6) is 2.35. The van der Waals surface area contributed by atoms with E-state index in [1.807, 2.05) is 0 Å². The molecule has 1 aliphatic heterocycles. The van der Waals surface area contributed by atoms with Crippen LogP contribution in [-0.4, -0.2) is 25.3 Å². The molecule has 0 aromatic rings. The summed E-state index contributed by atoms with van der Waals surface area (Å²) in [4.78, 5) is 0. The third kappa shape index (κ3) is 3.21. The van der Waals surface area contributed by atoms with E-state index in [0.29, 0.717) is 12.0 Å². The molecular formula is C14H27NO. The van der Waals surface area contributed by atoms with E-state index >= 15 is 0 Å². The topological polar surface area (TPSA) is 21.3 Å². The summed E-state index contributed by atoms with van der Waals surface area (Å²) >= 11 is 0. The Balaban J connectivity index is 1.76. The number of hydrogen-bond acceptors (Lipinski definition) is 2. The van der Waals surface area contributed by atoms with Crippen LogP contribution in [0.4, 0.5) is 0 Å². The molecule has 0 bridgehead atoms. The Labute approximate surface area is 100 Å². The maximum Gasteiger partial charge on any atom is 0.0638 e. The highest BCUT2D eigenvalue weighted by Crippen LogP contribution is 2.33. The van der Waals surface area contributed by atoms with E-state index in [1.54, 1.807) is 0 Å². The van der Waals surface area contributed by atoms with Gasteiger partial charge in [-0.1, -0.05) is 13.8 Å². The first kappa shape index (κ1) is 12.4. The van der Waals surface area contributed by atoms with Gasteiger partial charge in [-0.05, 0) is 50.4 Å². The first-order valence-electron chi connectivity index (χ1n) is 7.03. The van der Waals surface area contributed by atoms with Crippen molar-refractivity contribution in [3.63, 3.8) is 0 Å². The van der Waals surface area contributed by atoms with Crippen LogP contribution in [0.25, 0.3) is 0 Å². The highest BCUT2D eigenvalue weighted by molar-refractivity contribution is 4.85. The first-order valence-corrected chi connectivity index (χ1v) is 7.03. The summed E-state index contributed by atoms with van der Waals surface area (Å²) in [6.07, 6.45) is 5.93. The van der Waals surface area contributed by atoms with Crippen molar-refractivity contribution in [3.8, 4) is 0 Å². The van der Waals surface area contributed by atoms with Crippen molar-refractivity contribution >= 4 is 0 Å². The van der Waals surface area contributed by atoms with Crippen LogP contribution < -0.4 is 5.32 Å². The van der Waals surface area contributed by atoms with Crippen LogP contribution in [0.5, 0.6) is 0 Å². The van der Waals surface area contributed by atoms with Crippen LogP contribution in [0, 0.1) is 17.8 Å². The van der Waals surface area contributed by atoms with Crippen molar-refractivity contribution in [2.75, 3.05) is 13.2 Å². The summed E-state index contributed by atoms with van der Waals surface area (Å²) in [6.45, 7) is 9.03. The SMILES string of the molecule is CC(C)C1OCCCC1CNC(C)C1CC1. The number of rotatable bonds is 5. The second kappa shape index (κ2) is 5.50. The van der Waals surface area contributed by atoms with E-state index in [4.69, 9.17) is 4.74 Å². The average Bonchev–Trinajstić information content (AvgIpc) is 3.10. The molecule has 1 aliphatic carbocycles. The van der Waals surface area contributed by atoms with Gasteiger partial charge in [0.2, 0.25) is 0 Å². The van der Waals surface area contributed by atoms with Gasteiger partial charge in [0.25, 0.3) is 0 Å². The van der Waals surface area contributed by atoms with Gasteiger partial charge in [-0.25, -0.2) is 0 Å². The van der Waals surface area contributed by atoms with Crippen LogP contribution >= 0.6 is 0 Å². The van der Waals surface area contributed by atoms with E-state index in [-0.39, 0.29) is 0 Å². The van der Waals surface area contributed by atoms with Crippen LogP contribution in [0.2, 0.25) is 0 Å². The van der Waals surface area contributed by atoms with Crippen molar-refractivity contribution in [1.29, 1.82) is 0 Å². The van der Waals surface area contributed by atoms with E-state index in [9.17, 15) is 0 Å². The van der Waals surface area contributed by atoms with E-state index in [2.05, 4.69) is 26.1 Å². The fraction of sp³-hybridized carbons (Fsp3) is 1.00. The Morgan fingerprint density at radius 2 is 1.94 bits per heavy atom. The standard InChI is InChI=1S/C14H27NO/c1-10(2)14-13(5-4-8-16-14)9-15-11(3)12-6-7-12/h10-15H,4-9H2,1-3H3. The second-order valence-electron chi connectivity index (χ2n) is 6.02. The molecule has 0 amide bonds. The zero-order valence-corrected chi connectivity index (χ0v) is 11.0. The van der Waals surface area contributed by atoms with E-state index in [1.165, 1.54) is 25.7 Å². The van der Waals surface area contributed by atoms with Gasteiger partial charge in [-0.15, -0.1) is 0 Å². The van der Waals surface area contributed by atoms with Gasteiger partial charge < -0.3 is 10.1 Å². The third-order valence-corrected chi connectivity index (χ3v) is 4.18. The molecule has 1 N–H and O–H groups in total. The molecule has 16 heavy (non-hydrogen) atoms. The molecule has 0 aromatic carbocycles. The van der Waals surface area contributed by atoms with Gasteiger partial charge in [0.1, 0.15) is 0 Å². The minimum atomic E-state index is 0.479. The van der Waals surface area contributed by atoms with Crippen molar-refractivity contribution in [1.82, 2.24) is 5.32 Å². The molecular weight excluding hydrogens is 198 g/mol. The van der Waals surface area contributed by atoms with Crippen molar-refractivity contribution in [3.05, 3.63) is 0 Å². The Hall–Kier alpha value is -0.0800. The van der Waals surface area contributed by atoms with Crippen LogP contribution in [0.1, 0.15) is 46.5 Å². The zero-order chi connectivity index (χ0) is 11.5. The van der Waals surface area contributed by atoms with Crippen LogP contribution in [-0.2, 0) is 4.74 Å². The number of nitrogens with one attached hydrogen (secondary N) is 1. The predicted octanol–water partition coefficient (Wildman–Crippen LogP) is 2.83. The molecule has 2 nitrogen and oxygen atoms in total. The molecule has 2 heteroatoms. The van der Waals surface area contributed by atoms with Crippen molar-refractivity contribution < 1.29 is 4.74 Å². The first-order chi connectivity index (χ1) is 7.68. The van der Waals surface area contributed by atoms with Gasteiger partial charge >= 0.3 is 0 Å². The molecule has 3 atom stereocenters. The van der Waals surface area contributed by atoms with Gasteiger partial charge in [-0.2, -0.15) is 0 Å². The van der Waals surface area contributed by atoms with Gasteiger partial charge in [0.15, 0.2) is 0 Å². The van der Waals surface area contributed by atoms with Gasteiger partial charge in [-0.3, -0.25) is 0 Å². The van der Waals surface area contributed by atoms with Crippen LogP contribution in [0.15, 0.2) is 0 Å². The molecule has 2 rings (SSSR count). The lowest BCUT2D eigenvalue weighted by Crippen LogP contribution is -2.42. The monoisotopic (exact) mass is 225 g/mol.